The zero-order valence-electron chi connectivity index (χ0n) is 8.99. The van der Waals surface area contributed by atoms with Crippen molar-refractivity contribution in [3.8, 4) is 0 Å². The molecule has 0 heterocycles. The number of aliphatic hydroxyl groups is 1. The number of thioether (sulfide) groups is 1. The van der Waals surface area contributed by atoms with Crippen molar-refractivity contribution >= 4 is 16.9 Å². The lowest BCUT2D eigenvalue weighted by atomic mass is 10.1. The number of aliphatic hydroxyl groups excluding tert-OH is 1. The van der Waals surface area contributed by atoms with E-state index in [2.05, 4.69) is 10.3 Å². The molecule has 1 fully saturated rings. The van der Waals surface area contributed by atoms with Crippen LogP contribution in [0.25, 0.3) is 0 Å². The molecule has 14 heavy (non-hydrogen) atoms. The van der Waals surface area contributed by atoms with Gasteiger partial charge in [-0.3, -0.25) is 4.99 Å². The van der Waals surface area contributed by atoms with Crippen molar-refractivity contribution in [1.29, 1.82) is 0 Å². The van der Waals surface area contributed by atoms with Gasteiger partial charge in [0.15, 0.2) is 5.17 Å². The molecule has 0 saturated heterocycles. The average molecular weight is 216 g/mol. The summed E-state index contributed by atoms with van der Waals surface area (Å²) in [6.45, 7) is 0. The summed E-state index contributed by atoms with van der Waals surface area (Å²) >= 11 is 1.68. The first-order valence-corrected chi connectivity index (χ1v) is 6.15. The molecule has 0 aromatic heterocycles. The van der Waals surface area contributed by atoms with Crippen LogP contribution in [0.3, 0.4) is 0 Å². The predicted molar refractivity (Wildman–Crippen MR) is 62.9 cm³/mol. The number of amidine groups is 1. The highest BCUT2D eigenvalue weighted by Crippen LogP contribution is 2.28. The van der Waals surface area contributed by atoms with Gasteiger partial charge in [0, 0.05) is 19.3 Å². The Morgan fingerprint density at radius 3 is 2.71 bits per heavy atom. The summed E-state index contributed by atoms with van der Waals surface area (Å²) in [5.74, 6) is 0. The summed E-state index contributed by atoms with van der Waals surface area (Å²) in [6.07, 6.45) is 5.54. The van der Waals surface area contributed by atoms with Crippen LogP contribution >= 0.6 is 11.8 Å². The summed E-state index contributed by atoms with van der Waals surface area (Å²) in [4.78, 5) is 4.12. The lowest BCUT2D eigenvalue weighted by molar-refractivity contribution is 0.163. The first-order chi connectivity index (χ1) is 6.77. The molecule has 4 heteroatoms. The Hall–Kier alpha value is -0.220. The van der Waals surface area contributed by atoms with E-state index in [0.717, 1.165) is 24.4 Å². The second kappa shape index (κ2) is 6.30. The Kier molecular flexibility index (Phi) is 5.33. The number of nitrogens with one attached hydrogen (secondary N) is 1. The van der Waals surface area contributed by atoms with Crippen molar-refractivity contribution < 1.29 is 5.11 Å². The summed E-state index contributed by atoms with van der Waals surface area (Å²) < 4.78 is 0. The van der Waals surface area contributed by atoms with Crippen LogP contribution in [0.5, 0.6) is 0 Å². The maximum Gasteiger partial charge on any atom is 0.156 e. The molecule has 0 radical (unpaired) electrons. The standard InChI is InChI=1S/C10H20N2OS/c1-11-10(12-2)14-9-7-5-3-4-6-8(9)13/h8-9,13H,3-7H2,1-2H3,(H,11,12). The molecule has 0 aromatic carbocycles. The fourth-order valence-electron chi connectivity index (χ4n) is 1.76. The van der Waals surface area contributed by atoms with Crippen LogP contribution in [-0.2, 0) is 0 Å². The van der Waals surface area contributed by atoms with Gasteiger partial charge in [-0.2, -0.15) is 0 Å². The van der Waals surface area contributed by atoms with Gasteiger partial charge < -0.3 is 10.4 Å². The van der Waals surface area contributed by atoms with Gasteiger partial charge in [-0.05, 0) is 12.8 Å². The summed E-state index contributed by atoms with van der Waals surface area (Å²) in [5.41, 5.74) is 0. The fraction of sp³-hybridized carbons (Fsp3) is 0.900. The Morgan fingerprint density at radius 2 is 2.07 bits per heavy atom. The van der Waals surface area contributed by atoms with Crippen LogP contribution in [0, 0.1) is 0 Å². The first kappa shape index (κ1) is 11.9. The third-order valence-electron chi connectivity index (χ3n) is 2.60. The SMILES string of the molecule is CN=C(NC)SC1CCCCCC1O. The monoisotopic (exact) mass is 216 g/mol. The van der Waals surface area contributed by atoms with Gasteiger partial charge >= 0.3 is 0 Å². The highest BCUT2D eigenvalue weighted by molar-refractivity contribution is 8.14. The van der Waals surface area contributed by atoms with Crippen molar-refractivity contribution in [3.63, 3.8) is 0 Å². The molecular formula is C10H20N2OS. The van der Waals surface area contributed by atoms with Crippen LogP contribution in [-0.4, -0.2) is 35.7 Å². The maximum absolute atomic E-state index is 9.89. The predicted octanol–water partition coefficient (Wildman–Crippen LogP) is 1.62. The minimum absolute atomic E-state index is 0.160. The molecule has 0 aliphatic heterocycles. The quantitative estimate of drug-likeness (QED) is 0.398. The van der Waals surface area contributed by atoms with Gasteiger partial charge in [-0.1, -0.05) is 31.0 Å². The molecule has 0 aromatic rings. The molecule has 1 aliphatic rings. The van der Waals surface area contributed by atoms with Crippen LogP contribution in [0.15, 0.2) is 4.99 Å². The zero-order chi connectivity index (χ0) is 10.4. The Balaban J connectivity index is 2.47. The molecule has 1 aliphatic carbocycles. The van der Waals surface area contributed by atoms with E-state index in [4.69, 9.17) is 0 Å². The average Bonchev–Trinajstić information content (AvgIpc) is 2.40. The second-order valence-electron chi connectivity index (χ2n) is 3.64. The molecule has 2 atom stereocenters. The molecule has 3 nitrogen and oxygen atoms in total. The maximum atomic E-state index is 9.89. The molecular weight excluding hydrogens is 196 g/mol. The highest BCUT2D eigenvalue weighted by atomic mass is 32.2. The number of aliphatic imine (C=N–C) groups is 1. The van der Waals surface area contributed by atoms with Gasteiger partial charge in [0.05, 0.1) is 6.10 Å². The van der Waals surface area contributed by atoms with Crippen molar-refractivity contribution in [2.75, 3.05) is 14.1 Å². The molecule has 1 saturated carbocycles. The van der Waals surface area contributed by atoms with Crippen molar-refractivity contribution in [2.24, 2.45) is 4.99 Å². The van der Waals surface area contributed by atoms with E-state index in [1.54, 1.807) is 18.8 Å². The Bertz CT molecular complexity index is 197. The lowest BCUT2D eigenvalue weighted by Gasteiger charge is -2.19. The number of hydrogen-bond donors (Lipinski definition) is 2. The minimum Gasteiger partial charge on any atom is -0.392 e. The Labute approximate surface area is 90.4 Å². The molecule has 0 spiro atoms. The van der Waals surface area contributed by atoms with E-state index in [9.17, 15) is 5.11 Å². The van der Waals surface area contributed by atoms with Crippen molar-refractivity contribution in [1.82, 2.24) is 5.32 Å². The van der Waals surface area contributed by atoms with E-state index in [0.29, 0.717) is 5.25 Å². The fourth-order valence-corrected chi connectivity index (χ4v) is 2.85. The number of hydrogen-bond acceptors (Lipinski definition) is 3. The number of nitrogens with zero attached hydrogens (tertiary/aromatic N) is 1. The normalized spacial score (nSPS) is 29.8. The topological polar surface area (TPSA) is 44.6 Å². The molecule has 0 amide bonds. The largest absolute Gasteiger partial charge is 0.392 e. The molecule has 2 unspecified atom stereocenters. The van der Waals surface area contributed by atoms with Crippen molar-refractivity contribution in [3.05, 3.63) is 0 Å². The third kappa shape index (κ3) is 3.50. The molecule has 1 rings (SSSR count). The second-order valence-corrected chi connectivity index (χ2v) is 4.87. The summed E-state index contributed by atoms with van der Waals surface area (Å²) in [7, 11) is 3.65. The van der Waals surface area contributed by atoms with Gasteiger partial charge in [-0.15, -0.1) is 0 Å². The van der Waals surface area contributed by atoms with Gasteiger partial charge in [0.25, 0.3) is 0 Å². The summed E-state index contributed by atoms with van der Waals surface area (Å²) in [5, 5.41) is 14.2. The minimum atomic E-state index is -0.160. The van der Waals surface area contributed by atoms with E-state index in [-0.39, 0.29) is 6.10 Å². The van der Waals surface area contributed by atoms with Crippen LogP contribution in [0.2, 0.25) is 0 Å². The highest BCUT2D eigenvalue weighted by Gasteiger charge is 2.23. The van der Waals surface area contributed by atoms with Gasteiger partial charge in [0.1, 0.15) is 0 Å². The zero-order valence-corrected chi connectivity index (χ0v) is 9.81. The summed E-state index contributed by atoms with van der Waals surface area (Å²) in [6, 6.07) is 0. The Morgan fingerprint density at radius 1 is 1.36 bits per heavy atom. The van der Waals surface area contributed by atoms with Gasteiger partial charge in [0.2, 0.25) is 0 Å². The van der Waals surface area contributed by atoms with Crippen molar-refractivity contribution in [2.45, 2.75) is 43.5 Å². The van der Waals surface area contributed by atoms with E-state index < -0.39 is 0 Å². The van der Waals surface area contributed by atoms with Crippen LogP contribution in [0.4, 0.5) is 0 Å². The molecule has 0 bridgehead atoms. The van der Waals surface area contributed by atoms with Crippen LogP contribution < -0.4 is 5.32 Å². The van der Waals surface area contributed by atoms with Crippen LogP contribution in [0.1, 0.15) is 32.1 Å². The number of rotatable bonds is 1. The molecule has 2 N–H and O–H groups in total. The lowest BCUT2D eigenvalue weighted by Crippen LogP contribution is -2.26. The first-order valence-electron chi connectivity index (χ1n) is 5.27. The third-order valence-corrected chi connectivity index (χ3v) is 4.06. The smallest absolute Gasteiger partial charge is 0.156 e. The van der Waals surface area contributed by atoms with E-state index in [1.165, 1.54) is 12.8 Å². The van der Waals surface area contributed by atoms with E-state index in [1.807, 2.05) is 7.05 Å². The van der Waals surface area contributed by atoms with E-state index >= 15 is 0 Å². The molecule has 82 valence electrons. The van der Waals surface area contributed by atoms with Gasteiger partial charge in [-0.25, -0.2) is 0 Å².